The second-order valence-electron chi connectivity index (χ2n) is 5.70. The molecule has 1 heterocycles. The molecule has 0 unspecified atom stereocenters. The first-order chi connectivity index (χ1) is 12.7. The molecule has 0 atom stereocenters. The van der Waals surface area contributed by atoms with Crippen LogP contribution in [0.4, 0.5) is 11.6 Å². The molecule has 132 valence electrons. The number of aromatic nitrogens is 2. The first-order valence-corrected chi connectivity index (χ1v) is 8.23. The van der Waals surface area contributed by atoms with Crippen molar-refractivity contribution in [3.05, 3.63) is 77.6 Å². The van der Waals surface area contributed by atoms with Crippen LogP contribution >= 0.6 is 0 Å². The van der Waals surface area contributed by atoms with Gasteiger partial charge in [-0.05, 0) is 30.7 Å². The minimum Gasteiger partial charge on any atom is -0.496 e. The molecule has 0 aliphatic carbocycles. The second-order valence-corrected chi connectivity index (χ2v) is 5.70. The summed E-state index contributed by atoms with van der Waals surface area (Å²) in [5, 5.41) is 5.99. The molecule has 0 aliphatic rings. The lowest BCUT2D eigenvalue weighted by molar-refractivity contribution is 0.0945. The van der Waals surface area contributed by atoms with E-state index < -0.39 is 0 Å². The lowest BCUT2D eigenvalue weighted by Gasteiger charge is -2.10. The zero-order chi connectivity index (χ0) is 18.4. The van der Waals surface area contributed by atoms with Gasteiger partial charge < -0.3 is 15.4 Å². The molecule has 0 spiro atoms. The number of hydrogen-bond donors (Lipinski definition) is 2. The first-order valence-electron chi connectivity index (χ1n) is 8.23. The highest BCUT2D eigenvalue weighted by atomic mass is 16.5. The molecule has 6 nitrogen and oxygen atoms in total. The highest BCUT2D eigenvalue weighted by Crippen LogP contribution is 2.18. The molecular formula is C20H20N4O2. The van der Waals surface area contributed by atoms with Crippen molar-refractivity contribution < 1.29 is 9.53 Å². The summed E-state index contributed by atoms with van der Waals surface area (Å²) in [7, 11) is 1.61. The van der Waals surface area contributed by atoms with Crippen molar-refractivity contribution in [2.24, 2.45) is 0 Å². The number of amides is 1. The lowest BCUT2D eigenvalue weighted by atomic mass is 10.2. The lowest BCUT2D eigenvalue weighted by Crippen LogP contribution is -2.24. The van der Waals surface area contributed by atoms with Gasteiger partial charge in [0.15, 0.2) is 0 Å². The number of methoxy groups -OCH3 is 1. The largest absolute Gasteiger partial charge is 0.496 e. The topological polar surface area (TPSA) is 76.1 Å². The van der Waals surface area contributed by atoms with Gasteiger partial charge in [0.2, 0.25) is 5.95 Å². The molecule has 2 aromatic carbocycles. The summed E-state index contributed by atoms with van der Waals surface area (Å²) in [6.45, 7) is 2.35. The van der Waals surface area contributed by atoms with Crippen LogP contribution in [0.1, 0.15) is 21.6 Å². The predicted molar refractivity (Wildman–Crippen MR) is 101 cm³/mol. The summed E-state index contributed by atoms with van der Waals surface area (Å²) in [5.74, 6) is 0.841. The average Bonchev–Trinajstić information content (AvgIpc) is 2.68. The summed E-state index contributed by atoms with van der Waals surface area (Å²) in [6, 6.07) is 17.0. The minimum absolute atomic E-state index is 0.272. The van der Waals surface area contributed by atoms with Crippen LogP contribution in [0.5, 0.6) is 5.75 Å². The van der Waals surface area contributed by atoms with Crippen LogP contribution in [-0.2, 0) is 6.54 Å². The number of rotatable bonds is 6. The van der Waals surface area contributed by atoms with Crippen molar-refractivity contribution in [2.75, 3.05) is 12.4 Å². The van der Waals surface area contributed by atoms with E-state index in [0.717, 1.165) is 22.6 Å². The number of benzene rings is 2. The molecule has 0 saturated heterocycles. The molecule has 0 saturated carbocycles. The molecule has 3 aromatic rings. The van der Waals surface area contributed by atoms with E-state index in [-0.39, 0.29) is 5.91 Å². The SMILES string of the molecule is COc1ccccc1CNC(=O)c1ccnc(Nc2ccccc2C)n1. The number of carbonyl (C=O) groups excluding carboxylic acids is 1. The van der Waals surface area contributed by atoms with Crippen LogP contribution < -0.4 is 15.4 Å². The van der Waals surface area contributed by atoms with Gasteiger partial charge in [-0.25, -0.2) is 9.97 Å². The van der Waals surface area contributed by atoms with Gasteiger partial charge >= 0.3 is 0 Å². The summed E-state index contributed by atoms with van der Waals surface area (Å²) < 4.78 is 5.29. The Morgan fingerprint density at radius 3 is 2.65 bits per heavy atom. The number of hydrogen-bond acceptors (Lipinski definition) is 5. The third kappa shape index (κ3) is 4.16. The third-order valence-electron chi connectivity index (χ3n) is 3.91. The van der Waals surface area contributed by atoms with Crippen LogP contribution in [0, 0.1) is 6.92 Å². The Morgan fingerprint density at radius 2 is 1.85 bits per heavy atom. The number of para-hydroxylation sites is 2. The number of nitrogens with zero attached hydrogens (tertiary/aromatic N) is 2. The fraction of sp³-hybridized carbons (Fsp3) is 0.150. The molecule has 26 heavy (non-hydrogen) atoms. The van der Waals surface area contributed by atoms with Gasteiger partial charge in [0, 0.05) is 24.0 Å². The molecule has 0 radical (unpaired) electrons. The molecular weight excluding hydrogens is 328 g/mol. The fourth-order valence-electron chi connectivity index (χ4n) is 2.49. The molecule has 0 bridgehead atoms. The normalized spacial score (nSPS) is 10.2. The maximum absolute atomic E-state index is 12.4. The number of carbonyl (C=O) groups is 1. The van der Waals surface area contributed by atoms with Crippen molar-refractivity contribution >= 4 is 17.5 Å². The van der Waals surface area contributed by atoms with E-state index in [1.165, 1.54) is 0 Å². The van der Waals surface area contributed by atoms with Gasteiger partial charge in [-0.15, -0.1) is 0 Å². The maximum Gasteiger partial charge on any atom is 0.270 e. The van der Waals surface area contributed by atoms with Crippen LogP contribution in [0.2, 0.25) is 0 Å². The molecule has 1 aromatic heterocycles. The van der Waals surface area contributed by atoms with E-state index in [1.54, 1.807) is 19.4 Å². The number of nitrogens with one attached hydrogen (secondary N) is 2. The average molecular weight is 348 g/mol. The first kappa shape index (κ1) is 17.4. The van der Waals surface area contributed by atoms with Crippen molar-refractivity contribution in [3.8, 4) is 5.75 Å². The Labute approximate surface area is 152 Å². The maximum atomic E-state index is 12.4. The minimum atomic E-state index is -0.272. The van der Waals surface area contributed by atoms with Gasteiger partial charge in [0.1, 0.15) is 11.4 Å². The third-order valence-corrected chi connectivity index (χ3v) is 3.91. The van der Waals surface area contributed by atoms with E-state index in [0.29, 0.717) is 18.2 Å². The van der Waals surface area contributed by atoms with Crippen molar-refractivity contribution in [1.29, 1.82) is 0 Å². The number of anilines is 2. The van der Waals surface area contributed by atoms with Crippen molar-refractivity contribution in [2.45, 2.75) is 13.5 Å². The molecule has 3 rings (SSSR count). The summed E-state index contributed by atoms with van der Waals surface area (Å²) in [5.41, 5.74) is 3.17. The van der Waals surface area contributed by atoms with Crippen molar-refractivity contribution in [1.82, 2.24) is 15.3 Å². The fourth-order valence-corrected chi connectivity index (χ4v) is 2.49. The quantitative estimate of drug-likeness (QED) is 0.713. The Morgan fingerprint density at radius 1 is 1.08 bits per heavy atom. The standard InChI is InChI=1S/C20H20N4O2/c1-14-7-3-5-9-16(14)23-20-21-12-11-17(24-20)19(25)22-13-15-8-4-6-10-18(15)26-2/h3-12H,13H2,1-2H3,(H,22,25)(H,21,23,24). The van der Waals surface area contributed by atoms with Crippen molar-refractivity contribution in [3.63, 3.8) is 0 Å². The van der Waals surface area contributed by atoms with E-state index in [4.69, 9.17) is 4.74 Å². The summed E-state index contributed by atoms with van der Waals surface area (Å²) >= 11 is 0. The highest BCUT2D eigenvalue weighted by molar-refractivity contribution is 5.92. The predicted octanol–water partition coefficient (Wildman–Crippen LogP) is 3.47. The van der Waals surface area contributed by atoms with Crippen LogP contribution in [-0.4, -0.2) is 23.0 Å². The summed E-state index contributed by atoms with van der Waals surface area (Å²) in [6.07, 6.45) is 1.56. The van der Waals surface area contributed by atoms with E-state index >= 15 is 0 Å². The number of ether oxygens (including phenoxy) is 1. The van der Waals surface area contributed by atoms with E-state index in [9.17, 15) is 4.79 Å². The Balaban J connectivity index is 1.69. The van der Waals surface area contributed by atoms with E-state index in [1.807, 2.05) is 55.5 Å². The van der Waals surface area contributed by atoms with Crippen LogP contribution in [0.15, 0.2) is 60.8 Å². The summed E-state index contributed by atoms with van der Waals surface area (Å²) in [4.78, 5) is 20.9. The molecule has 0 fully saturated rings. The van der Waals surface area contributed by atoms with Crippen LogP contribution in [0.25, 0.3) is 0 Å². The van der Waals surface area contributed by atoms with Gasteiger partial charge in [-0.1, -0.05) is 36.4 Å². The molecule has 1 amide bonds. The van der Waals surface area contributed by atoms with Gasteiger partial charge in [-0.3, -0.25) is 4.79 Å². The molecule has 0 aliphatic heterocycles. The Bertz CT molecular complexity index is 912. The van der Waals surface area contributed by atoms with Gasteiger partial charge in [0.25, 0.3) is 5.91 Å². The second kappa shape index (κ2) is 8.11. The van der Waals surface area contributed by atoms with Gasteiger partial charge in [-0.2, -0.15) is 0 Å². The monoisotopic (exact) mass is 348 g/mol. The zero-order valence-corrected chi connectivity index (χ0v) is 14.7. The smallest absolute Gasteiger partial charge is 0.270 e. The zero-order valence-electron chi connectivity index (χ0n) is 14.7. The van der Waals surface area contributed by atoms with Crippen LogP contribution in [0.3, 0.4) is 0 Å². The molecule has 2 N–H and O–H groups in total. The number of aryl methyl sites for hydroxylation is 1. The van der Waals surface area contributed by atoms with E-state index in [2.05, 4.69) is 20.6 Å². The highest BCUT2D eigenvalue weighted by Gasteiger charge is 2.10. The Kier molecular flexibility index (Phi) is 5.43. The molecule has 6 heteroatoms. The Hall–Kier alpha value is -3.41. The van der Waals surface area contributed by atoms with Gasteiger partial charge in [0.05, 0.1) is 7.11 Å².